The molecule has 30 heavy (non-hydrogen) atoms. The number of halogens is 1. The molecular weight excluding hydrogens is 495 g/mol. The number of nitrogens with zero attached hydrogens (tertiary/aromatic N) is 3. The number of benzene rings is 1. The molecule has 1 aromatic heterocycles. The minimum atomic E-state index is -0.487. The first-order chi connectivity index (χ1) is 13.8. The molecule has 0 saturated heterocycles. The molecule has 9 heteroatoms. The van der Waals surface area contributed by atoms with Gasteiger partial charge in [0.1, 0.15) is 11.4 Å². The van der Waals surface area contributed by atoms with E-state index in [2.05, 4.69) is 25.6 Å². The number of aliphatic imine (C=N–C) groups is 1. The average molecular weight is 528 g/mol. The Hall–Kier alpha value is -2.30. The third kappa shape index (κ3) is 9.02. The molecule has 0 aliphatic heterocycles. The van der Waals surface area contributed by atoms with Gasteiger partial charge < -0.3 is 25.3 Å². The molecule has 3 N–H and O–H groups in total. The Bertz CT molecular complexity index is 801. The summed E-state index contributed by atoms with van der Waals surface area (Å²) in [6.07, 6.45) is 2.20. The first-order valence-corrected chi connectivity index (χ1v) is 9.76. The van der Waals surface area contributed by atoms with Crippen LogP contribution in [0.1, 0.15) is 33.0 Å². The summed E-state index contributed by atoms with van der Waals surface area (Å²) in [4.78, 5) is 25.8. The molecule has 1 heterocycles. The van der Waals surface area contributed by atoms with Crippen molar-refractivity contribution in [2.75, 3.05) is 27.2 Å². The van der Waals surface area contributed by atoms with E-state index < -0.39 is 11.7 Å². The lowest BCUT2D eigenvalue weighted by Crippen LogP contribution is -2.40. The van der Waals surface area contributed by atoms with Gasteiger partial charge in [0, 0.05) is 27.2 Å². The van der Waals surface area contributed by atoms with Crippen LogP contribution in [0.5, 0.6) is 0 Å². The van der Waals surface area contributed by atoms with Gasteiger partial charge in [0.05, 0.1) is 18.4 Å². The van der Waals surface area contributed by atoms with Gasteiger partial charge in [0.25, 0.3) is 0 Å². The first-order valence-electron chi connectivity index (χ1n) is 9.76. The Labute approximate surface area is 195 Å². The van der Waals surface area contributed by atoms with Crippen molar-refractivity contribution in [2.24, 2.45) is 4.99 Å². The number of nitrogens with one attached hydrogen (secondary N) is 3. The lowest BCUT2D eigenvalue weighted by molar-refractivity contribution is 0.0527. The fraction of sp³-hybridized carbons (Fsp3) is 0.476. The van der Waals surface area contributed by atoms with Crippen LogP contribution in [-0.4, -0.2) is 59.7 Å². The molecule has 8 nitrogen and oxygen atoms in total. The Morgan fingerprint density at radius 1 is 1.20 bits per heavy atom. The summed E-state index contributed by atoms with van der Waals surface area (Å²) in [5.74, 6) is 1.63. The largest absolute Gasteiger partial charge is 0.444 e. The predicted octanol–water partition coefficient (Wildman–Crippen LogP) is 3.62. The zero-order valence-electron chi connectivity index (χ0n) is 18.4. The van der Waals surface area contributed by atoms with Crippen LogP contribution in [0.25, 0.3) is 11.3 Å². The highest BCUT2D eigenvalue weighted by Gasteiger charge is 2.15. The Balaban J connectivity index is 0.00000450. The van der Waals surface area contributed by atoms with Crippen molar-refractivity contribution >= 4 is 36.0 Å². The molecule has 1 amide bonds. The topological polar surface area (TPSA) is 94.6 Å². The zero-order valence-corrected chi connectivity index (χ0v) is 20.7. The van der Waals surface area contributed by atoms with E-state index in [0.29, 0.717) is 19.6 Å². The number of rotatable bonds is 7. The molecule has 0 bridgehead atoms. The number of carbonyl (C=O) groups excluding carboxylic acids is 1. The van der Waals surface area contributed by atoms with Crippen LogP contribution in [0.2, 0.25) is 0 Å². The van der Waals surface area contributed by atoms with E-state index in [-0.39, 0.29) is 24.0 Å². The van der Waals surface area contributed by atoms with Crippen molar-refractivity contribution in [1.82, 2.24) is 25.5 Å². The number of imidazole rings is 1. The predicted molar refractivity (Wildman–Crippen MR) is 131 cm³/mol. The summed E-state index contributed by atoms with van der Waals surface area (Å²) in [7, 11) is 3.70. The lowest BCUT2D eigenvalue weighted by atomic mass is 10.2. The molecule has 0 radical (unpaired) electrons. The highest BCUT2D eigenvalue weighted by atomic mass is 127. The monoisotopic (exact) mass is 528 g/mol. The van der Waals surface area contributed by atoms with E-state index >= 15 is 0 Å². The summed E-state index contributed by atoms with van der Waals surface area (Å²) < 4.78 is 5.21. The molecule has 0 aliphatic rings. The number of hydrogen-bond acceptors (Lipinski definition) is 4. The number of carbonyl (C=O) groups is 1. The molecule has 0 aliphatic carbocycles. The molecular formula is C21H33IN6O2. The SMILES string of the molecule is CN=C(NCCCNC(=O)OC(C)(C)C)N(C)Cc1ncc(-c2ccccc2)[nH]1.I. The van der Waals surface area contributed by atoms with Gasteiger partial charge in [-0.25, -0.2) is 9.78 Å². The minimum Gasteiger partial charge on any atom is -0.444 e. The van der Waals surface area contributed by atoms with Crippen molar-refractivity contribution in [3.05, 3.63) is 42.4 Å². The first kappa shape index (κ1) is 25.7. The van der Waals surface area contributed by atoms with Gasteiger partial charge in [0.2, 0.25) is 0 Å². The summed E-state index contributed by atoms with van der Waals surface area (Å²) >= 11 is 0. The van der Waals surface area contributed by atoms with Crippen LogP contribution in [0, 0.1) is 0 Å². The van der Waals surface area contributed by atoms with Gasteiger partial charge >= 0.3 is 6.09 Å². The Kier molecular flexibility index (Phi) is 10.6. The summed E-state index contributed by atoms with van der Waals surface area (Å²) in [6, 6.07) is 10.1. The number of aromatic nitrogens is 2. The smallest absolute Gasteiger partial charge is 0.407 e. The van der Waals surface area contributed by atoms with E-state index in [1.165, 1.54) is 0 Å². The van der Waals surface area contributed by atoms with Crippen molar-refractivity contribution in [1.29, 1.82) is 0 Å². The number of amides is 1. The quantitative estimate of drug-likeness (QED) is 0.221. The third-order valence-corrected chi connectivity index (χ3v) is 3.98. The van der Waals surface area contributed by atoms with Crippen molar-refractivity contribution < 1.29 is 9.53 Å². The fourth-order valence-corrected chi connectivity index (χ4v) is 2.68. The second kappa shape index (κ2) is 12.4. The highest BCUT2D eigenvalue weighted by Crippen LogP contribution is 2.16. The van der Waals surface area contributed by atoms with Crippen molar-refractivity contribution in [3.63, 3.8) is 0 Å². The molecule has 0 saturated carbocycles. The standard InChI is InChI=1S/C21H32N6O2.HI/c1-21(2,3)29-20(28)24-13-9-12-23-19(22-4)27(5)15-18-25-14-17(26-18)16-10-7-6-8-11-16;/h6-8,10-11,14H,9,12-13,15H2,1-5H3,(H,22,23)(H,24,28)(H,25,26);1H. The summed E-state index contributed by atoms with van der Waals surface area (Å²) in [5.41, 5.74) is 1.61. The average Bonchev–Trinajstić information content (AvgIpc) is 3.12. The van der Waals surface area contributed by atoms with Crippen molar-refractivity contribution in [3.8, 4) is 11.3 Å². The molecule has 2 aromatic rings. The Morgan fingerprint density at radius 3 is 2.50 bits per heavy atom. The number of hydrogen-bond donors (Lipinski definition) is 3. The van der Waals surface area contributed by atoms with Gasteiger partial charge in [-0.1, -0.05) is 30.3 Å². The number of guanidine groups is 1. The van der Waals surface area contributed by atoms with E-state index in [9.17, 15) is 4.79 Å². The summed E-state index contributed by atoms with van der Waals surface area (Å²) in [5, 5.41) is 6.04. The molecule has 1 aromatic carbocycles. The lowest BCUT2D eigenvalue weighted by Gasteiger charge is -2.21. The molecule has 166 valence electrons. The van der Waals surface area contributed by atoms with Gasteiger partial charge in [-0.3, -0.25) is 4.99 Å². The summed E-state index contributed by atoms with van der Waals surface area (Å²) in [6.45, 7) is 7.34. The maximum absolute atomic E-state index is 11.6. The normalized spacial score (nSPS) is 11.4. The minimum absolute atomic E-state index is 0. The number of alkyl carbamates (subject to hydrolysis) is 1. The van der Waals surface area contributed by atoms with Crippen LogP contribution in [0.4, 0.5) is 4.79 Å². The van der Waals surface area contributed by atoms with Crippen LogP contribution < -0.4 is 10.6 Å². The second-order valence-electron chi connectivity index (χ2n) is 7.72. The highest BCUT2D eigenvalue weighted by molar-refractivity contribution is 14.0. The van der Waals surface area contributed by atoms with Crippen LogP contribution in [0.15, 0.2) is 41.5 Å². The molecule has 0 atom stereocenters. The van der Waals surface area contributed by atoms with E-state index in [0.717, 1.165) is 29.5 Å². The van der Waals surface area contributed by atoms with Gasteiger partial charge in [-0.15, -0.1) is 24.0 Å². The molecule has 0 fully saturated rings. The van der Waals surface area contributed by atoms with Gasteiger partial charge in [-0.05, 0) is 32.8 Å². The number of aromatic amines is 1. The second-order valence-corrected chi connectivity index (χ2v) is 7.72. The van der Waals surface area contributed by atoms with E-state index in [4.69, 9.17) is 4.74 Å². The van der Waals surface area contributed by atoms with Crippen LogP contribution in [-0.2, 0) is 11.3 Å². The zero-order chi connectivity index (χ0) is 21.3. The van der Waals surface area contributed by atoms with Crippen molar-refractivity contribution in [2.45, 2.75) is 39.3 Å². The van der Waals surface area contributed by atoms with E-state index in [1.807, 2.05) is 69.2 Å². The maximum Gasteiger partial charge on any atom is 0.407 e. The number of H-pyrrole nitrogens is 1. The molecule has 0 spiro atoms. The number of ether oxygens (including phenoxy) is 1. The van der Waals surface area contributed by atoms with Gasteiger partial charge in [0.15, 0.2) is 5.96 Å². The van der Waals surface area contributed by atoms with Crippen LogP contribution in [0.3, 0.4) is 0 Å². The fourth-order valence-electron chi connectivity index (χ4n) is 2.68. The van der Waals surface area contributed by atoms with E-state index in [1.54, 1.807) is 7.05 Å². The maximum atomic E-state index is 11.6. The van der Waals surface area contributed by atoms with Crippen LogP contribution >= 0.6 is 24.0 Å². The molecule has 2 rings (SSSR count). The van der Waals surface area contributed by atoms with Gasteiger partial charge in [-0.2, -0.15) is 0 Å². The molecule has 0 unspecified atom stereocenters. The Morgan fingerprint density at radius 2 is 1.87 bits per heavy atom. The third-order valence-electron chi connectivity index (χ3n) is 3.98.